The van der Waals surface area contributed by atoms with E-state index in [1.165, 1.54) is 17.8 Å². The van der Waals surface area contributed by atoms with Crippen molar-refractivity contribution in [1.82, 2.24) is 10.6 Å². The van der Waals surface area contributed by atoms with E-state index in [4.69, 9.17) is 19.8 Å². The van der Waals surface area contributed by atoms with Crippen molar-refractivity contribution in [3.63, 3.8) is 0 Å². The quantitative estimate of drug-likeness (QED) is 0.425. The van der Waals surface area contributed by atoms with Crippen molar-refractivity contribution in [3.05, 3.63) is 35.6 Å². The van der Waals surface area contributed by atoms with E-state index < -0.39 is 24.0 Å². The summed E-state index contributed by atoms with van der Waals surface area (Å²) >= 11 is 1.43. The molecule has 0 aliphatic heterocycles. The summed E-state index contributed by atoms with van der Waals surface area (Å²) in [6.07, 6.45) is -0.296. The van der Waals surface area contributed by atoms with E-state index in [2.05, 4.69) is 10.6 Å². The van der Waals surface area contributed by atoms with Crippen LogP contribution < -0.4 is 10.6 Å². The number of carboxylic acid groups (broad SMARTS) is 2. The highest BCUT2D eigenvalue weighted by molar-refractivity contribution is 7.98. The lowest BCUT2D eigenvalue weighted by atomic mass is 10.1. The number of carbonyl (C=O) groups excluding carboxylic acids is 3. The van der Waals surface area contributed by atoms with Crippen LogP contribution in [0.25, 0.3) is 0 Å². The molecule has 0 fully saturated rings. The molecule has 0 spiro atoms. The van der Waals surface area contributed by atoms with Gasteiger partial charge in [0.2, 0.25) is 0 Å². The lowest BCUT2D eigenvalue weighted by molar-refractivity contribution is -0.191. The molecule has 1 aromatic rings. The topological polar surface area (TPSA) is 150 Å². The molecular formula is C16H19FN2O7S. The van der Waals surface area contributed by atoms with Gasteiger partial charge in [0.25, 0.3) is 0 Å². The number of carbonyl (C=O) groups is 3. The third kappa shape index (κ3) is 12.1. The number of aliphatic carboxylic acids is 2. The molecule has 0 heterocycles. The zero-order valence-electron chi connectivity index (χ0n) is 14.1. The third-order valence-electron chi connectivity index (χ3n) is 3.00. The van der Waals surface area contributed by atoms with Gasteiger partial charge < -0.3 is 20.8 Å². The highest BCUT2D eigenvalue weighted by Crippen LogP contribution is 2.14. The molecule has 11 heteroatoms. The number of benzene rings is 1. The Balaban J connectivity index is 0.00000210. The van der Waals surface area contributed by atoms with Gasteiger partial charge in [0.05, 0.1) is 0 Å². The Morgan fingerprint density at radius 1 is 1.19 bits per heavy atom. The fourth-order valence-corrected chi connectivity index (χ4v) is 2.61. The standard InChI is InChI=1S/C15H19FN2O5S.CO2/c16-11-4-2-1-3-10(11)9-24-8-7-17-15(23)18-12(14(21)22)5-6-13(19)20;2-1-3/h1-4,12H,5-9H2,(H,19,20)(H,21,22)(H2,17,18,23);/t12-;/m0./s1. The second-order valence-corrected chi connectivity index (χ2v) is 6.06. The van der Waals surface area contributed by atoms with Gasteiger partial charge in [0, 0.05) is 24.5 Å². The van der Waals surface area contributed by atoms with Gasteiger partial charge in [0.15, 0.2) is 0 Å². The lowest BCUT2D eigenvalue weighted by Crippen LogP contribution is -2.46. The summed E-state index contributed by atoms with van der Waals surface area (Å²) in [5, 5.41) is 22.2. The van der Waals surface area contributed by atoms with Crippen molar-refractivity contribution >= 4 is 35.9 Å². The minimum atomic E-state index is -1.29. The zero-order chi connectivity index (χ0) is 20.7. The minimum absolute atomic E-state index is 0.194. The first-order valence-corrected chi connectivity index (χ1v) is 8.76. The summed E-state index contributed by atoms with van der Waals surface area (Å²) < 4.78 is 13.4. The van der Waals surface area contributed by atoms with Crippen LogP contribution >= 0.6 is 11.8 Å². The molecule has 0 radical (unpaired) electrons. The lowest BCUT2D eigenvalue weighted by Gasteiger charge is -2.14. The number of amides is 2. The van der Waals surface area contributed by atoms with Crippen molar-refractivity contribution in [2.45, 2.75) is 24.6 Å². The number of hydrogen-bond acceptors (Lipinski definition) is 6. The molecule has 0 saturated heterocycles. The van der Waals surface area contributed by atoms with Crippen LogP contribution in [0, 0.1) is 5.82 Å². The molecule has 4 N–H and O–H groups in total. The van der Waals surface area contributed by atoms with Crippen LogP contribution in [0.1, 0.15) is 18.4 Å². The number of thioether (sulfide) groups is 1. The molecule has 27 heavy (non-hydrogen) atoms. The van der Waals surface area contributed by atoms with Crippen molar-refractivity contribution < 1.29 is 38.6 Å². The van der Waals surface area contributed by atoms with Gasteiger partial charge >= 0.3 is 24.1 Å². The Kier molecular flexibility index (Phi) is 12.7. The van der Waals surface area contributed by atoms with Crippen molar-refractivity contribution in [2.75, 3.05) is 12.3 Å². The summed E-state index contributed by atoms with van der Waals surface area (Å²) in [5.74, 6) is -1.72. The molecule has 0 saturated carbocycles. The second-order valence-electron chi connectivity index (χ2n) is 4.95. The largest absolute Gasteiger partial charge is 0.481 e. The number of hydrogen-bond donors (Lipinski definition) is 4. The first-order chi connectivity index (χ1) is 12.8. The van der Waals surface area contributed by atoms with Crippen LogP contribution in [0.15, 0.2) is 24.3 Å². The number of nitrogens with one attached hydrogen (secondary N) is 2. The van der Waals surface area contributed by atoms with Crippen LogP contribution in [0.5, 0.6) is 0 Å². The maximum Gasteiger partial charge on any atom is 0.373 e. The molecule has 2 amide bonds. The van der Waals surface area contributed by atoms with Gasteiger partial charge in [-0.3, -0.25) is 4.79 Å². The van der Waals surface area contributed by atoms with Crippen LogP contribution in [0.2, 0.25) is 0 Å². The Labute approximate surface area is 158 Å². The zero-order valence-corrected chi connectivity index (χ0v) is 15.0. The molecule has 0 aliphatic carbocycles. The molecule has 0 aromatic heterocycles. The molecule has 148 valence electrons. The van der Waals surface area contributed by atoms with Crippen LogP contribution in [-0.2, 0) is 24.9 Å². The fraction of sp³-hybridized carbons (Fsp3) is 0.375. The van der Waals surface area contributed by atoms with Gasteiger partial charge in [-0.2, -0.15) is 21.4 Å². The number of rotatable bonds is 10. The summed E-state index contributed by atoms with van der Waals surface area (Å²) in [7, 11) is 0. The molecule has 0 aliphatic rings. The summed E-state index contributed by atoms with van der Waals surface area (Å²) in [4.78, 5) is 49.2. The Morgan fingerprint density at radius 3 is 2.37 bits per heavy atom. The average Bonchev–Trinajstić information content (AvgIpc) is 2.60. The monoisotopic (exact) mass is 402 g/mol. The molecule has 9 nitrogen and oxygen atoms in total. The molecule has 0 bridgehead atoms. The second kappa shape index (κ2) is 14.3. The molecule has 1 atom stereocenters. The van der Waals surface area contributed by atoms with E-state index >= 15 is 0 Å². The van der Waals surface area contributed by atoms with E-state index in [0.717, 1.165) is 0 Å². The van der Waals surface area contributed by atoms with Crippen molar-refractivity contribution in [2.24, 2.45) is 0 Å². The average molecular weight is 402 g/mol. The predicted octanol–water partition coefficient (Wildman–Crippen LogP) is 1.09. The Bertz CT molecular complexity index is 666. The number of carboxylic acids is 2. The Morgan fingerprint density at radius 2 is 1.81 bits per heavy atom. The summed E-state index contributed by atoms with van der Waals surface area (Å²) in [5.41, 5.74) is 0.576. The maximum absolute atomic E-state index is 13.4. The molecule has 1 rings (SSSR count). The highest BCUT2D eigenvalue weighted by Gasteiger charge is 2.20. The first-order valence-electron chi connectivity index (χ1n) is 7.61. The molecule has 1 aromatic carbocycles. The number of urea groups is 1. The van der Waals surface area contributed by atoms with E-state index in [0.29, 0.717) is 17.1 Å². The SMILES string of the molecule is O=C(O)CC[C@H](NC(=O)NCCSCc1ccccc1F)C(=O)O.O=C=O. The van der Waals surface area contributed by atoms with Gasteiger partial charge in [-0.1, -0.05) is 18.2 Å². The highest BCUT2D eigenvalue weighted by atomic mass is 32.2. The van der Waals surface area contributed by atoms with Gasteiger partial charge in [-0.15, -0.1) is 0 Å². The third-order valence-corrected chi connectivity index (χ3v) is 4.01. The van der Waals surface area contributed by atoms with Crippen LogP contribution in [-0.4, -0.2) is 52.7 Å². The summed E-state index contributed by atoms with van der Waals surface area (Å²) in [6, 6.07) is 4.48. The van der Waals surface area contributed by atoms with Crippen LogP contribution in [0.4, 0.5) is 9.18 Å². The van der Waals surface area contributed by atoms with E-state index in [1.807, 2.05) is 0 Å². The smallest absolute Gasteiger partial charge is 0.373 e. The van der Waals surface area contributed by atoms with Crippen molar-refractivity contribution in [3.8, 4) is 0 Å². The van der Waals surface area contributed by atoms with Crippen LogP contribution in [0.3, 0.4) is 0 Å². The van der Waals surface area contributed by atoms with E-state index in [1.54, 1.807) is 18.2 Å². The first kappa shape index (κ1) is 24.1. The fourth-order valence-electron chi connectivity index (χ4n) is 1.77. The summed E-state index contributed by atoms with van der Waals surface area (Å²) in [6.45, 7) is 0.274. The number of halogens is 1. The van der Waals surface area contributed by atoms with E-state index in [-0.39, 0.29) is 31.4 Å². The van der Waals surface area contributed by atoms with Crippen molar-refractivity contribution in [1.29, 1.82) is 0 Å². The maximum atomic E-state index is 13.4. The van der Waals surface area contributed by atoms with E-state index in [9.17, 15) is 18.8 Å². The molecular weight excluding hydrogens is 383 g/mol. The minimum Gasteiger partial charge on any atom is -0.481 e. The van der Waals surface area contributed by atoms with Gasteiger partial charge in [-0.25, -0.2) is 14.0 Å². The van der Waals surface area contributed by atoms with Gasteiger partial charge in [0.1, 0.15) is 11.9 Å². The normalized spacial score (nSPS) is 10.6. The van der Waals surface area contributed by atoms with Gasteiger partial charge in [-0.05, 0) is 18.1 Å². The predicted molar refractivity (Wildman–Crippen MR) is 92.4 cm³/mol. The Hall–Kier alpha value is -2.91. The molecule has 0 unspecified atom stereocenters.